The summed E-state index contributed by atoms with van der Waals surface area (Å²) in [5.41, 5.74) is 3.33. The molecule has 0 amide bonds. The lowest BCUT2D eigenvalue weighted by molar-refractivity contribution is 0.104. The minimum Gasteiger partial charge on any atom is -0.362 e. The minimum atomic E-state index is -3.81. The number of nitrogens with one attached hydrogen (secondary N) is 2. The summed E-state index contributed by atoms with van der Waals surface area (Å²) in [6, 6.07) is 15.5. The minimum absolute atomic E-state index is 0.00422. The summed E-state index contributed by atoms with van der Waals surface area (Å²) in [4.78, 5) is 26.5. The molecule has 0 atom stereocenters. The van der Waals surface area contributed by atoms with Crippen LogP contribution in [0.1, 0.15) is 15.4 Å². The summed E-state index contributed by atoms with van der Waals surface area (Å²) in [6.07, 6.45) is 5.87. The first kappa shape index (κ1) is 21.7. The van der Waals surface area contributed by atoms with Gasteiger partial charge in [-0.1, -0.05) is 23.5 Å². The van der Waals surface area contributed by atoms with Gasteiger partial charge in [-0.05, 0) is 49.4 Å². The summed E-state index contributed by atoms with van der Waals surface area (Å²) in [5.74, 6) is -0.147. The van der Waals surface area contributed by atoms with Gasteiger partial charge >= 0.3 is 0 Å². The molecule has 0 unspecified atom stereocenters. The number of para-hydroxylation sites is 2. The predicted molar refractivity (Wildman–Crippen MR) is 132 cm³/mol. The maximum absolute atomic E-state index is 12.8. The van der Waals surface area contributed by atoms with Crippen molar-refractivity contribution in [1.82, 2.24) is 19.4 Å². The number of fused-ring (bicyclic) bond motifs is 3. The van der Waals surface area contributed by atoms with E-state index in [0.29, 0.717) is 10.6 Å². The second-order valence-corrected chi connectivity index (χ2v) is 9.94. The zero-order valence-electron chi connectivity index (χ0n) is 17.8. The fourth-order valence-electron chi connectivity index (χ4n) is 3.44. The molecule has 0 spiro atoms. The van der Waals surface area contributed by atoms with Crippen LogP contribution in [0.5, 0.6) is 0 Å². The van der Waals surface area contributed by atoms with Crippen molar-refractivity contribution < 1.29 is 13.2 Å². The third-order valence-corrected chi connectivity index (χ3v) is 7.55. The maximum Gasteiger partial charge on any atom is 0.264 e. The van der Waals surface area contributed by atoms with Crippen molar-refractivity contribution in [2.24, 2.45) is 0 Å². The Morgan fingerprint density at radius 1 is 1.03 bits per heavy atom. The highest BCUT2D eigenvalue weighted by atomic mass is 32.2. The summed E-state index contributed by atoms with van der Waals surface area (Å²) in [6.45, 7) is 1.90. The Hall–Kier alpha value is -4.09. The van der Waals surface area contributed by atoms with Crippen molar-refractivity contribution in [3.63, 3.8) is 0 Å². The fraction of sp³-hybridized carbons (Fsp3) is 0.0435. The average molecular weight is 491 g/mol. The molecular formula is C23H18N6O3S2. The molecule has 5 rings (SSSR count). The molecule has 0 aliphatic heterocycles. The molecule has 34 heavy (non-hydrogen) atoms. The lowest BCUT2D eigenvalue weighted by Crippen LogP contribution is -2.14. The van der Waals surface area contributed by atoms with Gasteiger partial charge in [-0.15, -0.1) is 0 Å². The van der Waals surface area contributed by atoms with Crippen LogP contribution >= 0.6 is 11.3 Å². The van der Waals surface area contributed by atoms with Crippen molar-refractivity contribution in [1.29, 1.82) is 0 Å². The van der Waals surface area contributed by atoms with E-state index in [-0.39, 0.29) is 16.6 Å². The Labute approximate surface area is 198 Å². The normalized spacial score (nSPS) is 11.9. The molecule has 0 radical (unpaired) electrons. The van der Waals surface area contributed by atoms with E-state index >= 15 is 0 Å². The van der Waals surface area contributed by atoms with Crippen LogP contribution in [0.25, 0.3) is 16.0 Å². The first-order valence-electron chi connectivity index (χ1n) is 10.2. The SMILES string of the molecule is Cc1c(C(=O)/C=C/Nc2ccc(S(=O)(=O)Nc3ncccn3)cc2)sc2nc3ccccc3n12. The lowest BCUT2D eigenvalue weighted by atomic mass is 10.2. The van der Waals surface area contributed by atoms with Crippen molar-refractivity contribution in [2.75, 3.05) is 10.0 Å². The van der Waals surface area contributed by atoms with Crippen molar-refractivity contribution in [2.45, 2.75) is 11.8 Å². The number of imidazole rings is 1. The molecule has 0 saturated heterocycles. The standard InChI is InChI=1S/C23H18N6O3S2/c1-15-21(33-23-27-18-5-2-3-6-19(18)29(15)23)20(30)11-14-24-16-7-9-17(10-8-16)34(31,32)28-22-25-12-4-13-26-22/h2-14,24H,1H3,(H,25,26,28)/b14-11+. The number of allylic oxidation sites excluding steroid dienone is 1. The van der Waals surface area contributed by atoms with Gasteiger partial charge in [0.25, 0.3) is 10.0 Å². The maximum atomic E-state index is 12.8. The molecule has 0 fully saturated rings. The molecule has 0 bridgehead atoms. The number of thiazole rings is 1. The second-order valence-electron chi connectivity index (χ2n) is 7.28. The second kappa shape index (κ2) is 8.69. The van der Waals surface area contributed by atoms with Crippen LogP contribution in [0.15, 0.2) is 84.2 Å². The Bertz CT molecular complexity index is 1640. The van der Waals surface area contributed by atoms with Gasteiger partial charge in [-0.3, -0.25) is 9.20 Å². The van der Waals surface area contributed by atoms with Gasteiger partial charge in [-0.2, -0.15) is 0 Å². The van der Waals surface area contributed by atoms with E-state index in [1.165, 1.54) is 48.1 Å². The largest absolute Gasteiger partial charge is 0.362 e. The molecule has 0 saturated carbocycles. The third kappa shape index (κ3) is 4.14. The van der Waals surface area contributed by atoms with E-state index in [0.717, 1.165) is 21.7 Å². The Balaban J connectivity index is 1.28. The predicted octanol–water partition coefficient (Wildman–Crippen LogP) is 4.26. The van der Waals surface area contributed by atoms with E-state index in [1.54, 1.807) is 18.2 Å². The van der Waals surface area contributed by atoms with Crippen LogP contribution < -0.4 is 10.0 Å². The van der Waals surface area contributed by atoms with Crippen LogP contribution in [0.2, 0.25) is 0 Å². The van der Waals surface area contributed by atoms with E-state index in [9.17, 15) is 13.2 Å². The number of sulfonamides is 1. The highest BCUT2D eigenvalue weighted by molar-refractivity contribution is 7.92. The number of ketones is 1. The van der Waals surface area contributed by atoms with E-state index in [1.807, 2.05) is 35.6 Å². The number of anilines is 2. The topological polar surface area (TPSA) is 118 Å². The number of carbonyl (C=O) groups excluding carboxylic acids is 1. The van der Waals surface area contributed by atoms with Gasteiger partial charge in [0.2, 0.25) is 5.95 Å². The number of carbonyl (C=O) groups is 1. The molecular weight excluding hydrogens is 472 g/mol. The summed E-state index contributed by atoms with van der Waals surface area (Å²) in [5, 5.41) is 2.99. The van der Waals surface area contributed by atoms with E-state index in [4.69, 9.17) is 0 Å². The molecule has 2 N–H and O–H groups in total. The van der Waals surface area contributed by atoms with E-state index < -0.39 is 10.0 Å². The van der Waals surface area contributed by atoms with Gasteiger partial charge in [0.15, 0.2) is 10.7 Å². The third-order valence-electron chi connectivity index (χ3n) is 5.05. The molecule has 2 aromatic carbocycles. The number of nitrogens with zero attached hydrogens (tertiary/aromatic N) is 4. The van der Waals surface area contributed by atoms with E-state index in [2.05, 4.69) is 25.0 Å². The van der Waals surface area contributed by atoms with Crippen LogP contribution in [0, 0.1) is 6.92 Å². The quantitative estimate of drug-likeness (QED) is 0.258. The molecule has 0 aliphatic rings. The number of benzene rings is 2. The van der Waals surface area contributed by atoms with Crippen LogP contribution in [-0.2, 0) is 10.0 Å². The van der Waals surface area contributed by atoms with Crippen molar-refractivity contribution >= 4 is 54.8 Å². The highest BCUT2D eigenvalue weighted by Crippen LogP contribution is 2.28. The Morgan fingerprint density at radius 3 is 2.53 bits per heavy atom. The average Bonchev–Trinajstić information content (AvgIpc) is 3.36. The molecule has 5 aromatic rings. The van der Waals surface area contributed by atoms with Gasteiger partial charge in [-0.25, -0.2) is 28.1 Å². The van der Waals surface area contributed by atoms with Crippen LogP contribution in [-0.4, -0.2) is 33.6 Å². The molecule has 170 valence electrons. The van der Waals surface area contributed by atoms with Gasteiger partial charge < -0.3 is 5.32 Å². The summed E-state index contributed by atoms with van der Waals surface area (Å²) < 4.78 is 29.2. The van der Waals surface area contributed by atoms with Gasteiger partial charge in [0.1, 0.15) is 0 Å². The number of rotatable bonds is 7. The smallest absolute Gasteiger partial charge is 0.264 e. The number of hydrogen-bond acceptors (Lipinski definition) is 8. The first-order chi connectivity index (χ1) is 16.4. The first-order valence-corrected chi connectivity index (χ1v) is 12.5. The van der Waals surface area contributed by atoms with Crippen molar-refractivity contribution in [3.05, 3.63) is 89.8 Å². The van der Waals surface area contributed by atoms with Crippen LogP contribution in [0.3, 0.4) is 0 Å². The Kier molecular flexibility index (Phi) is 5.56. The van der Waals surface area contributed by atoms with Crippen molar-refractivity contribution in [3.8, 4) is 0 Å². The molecule has 3 aromatic heterocycles. The monoisotopic (exact) mass is 490 g/mol. The number of aromatic nitrogens is 4. The number of hydrogen-bond donors (Lipinski definition) is 2. The summed E-state index contributed by atoms with van der Waals surface area (Å²) >= 11 is 1.35. The Morgan fingerprint density at radius 2 is 1.76 bits per heavy atom. The van der Waals surface area contributed by atoms with Gasteiger partial charge in [0.05, 0.1) is 20.8 Å². The van der Waals surface area contributed by atoms with Crippen LogP contribution in [0.4, 0.5) is 11.6 Å². The zero-order valence-corrected chi connectivity index (χ0v) is 19.5. The molecule has 0 aliphatic carbocycles. The number of aryl methyl sites for hydroxylation is 1. The summed E-state index contributed by atoms with van der Waals surface area (Å²) in [7, 11) is -3.81. The molecule has 11 heteroatoms. The zero-order chi connectivity index (χ0) is 23.7. The fourth-order valence-corrected chi connectivity index (χ4v) is 5.46. The lowest BCUT2D eigenvalue weighted by Gasteiger charge is -2.07. The molecule has 9 nitrogen and oxygen atoms in total. The molecule has 3 heterocycles. The van der Waals surface area contributed by atoms with Gasteiger partial charge in [0, 0.05) is 36.1 Å². The highest BCUT2D eigenvalue weighted by Gasteiger charge is 2.17.